The van der Waals surface area contributed by atoms with Crippen molar-refractivity contribution in [2.45, 2.75) is 25.8 Å². The molecule has 2 aliphatic heterocycles. The van der Waals surface area contributed by atoms with Crippen LogP contribution in [0.3, 0.4) is 0 Å². The van der Waals surface area contributed by atoms with E-state index < -0.39 is 6.04 Å². The highest BCUT2D eigenvalue weighted by Gasteiger charge is 2.42. The van der Waals surface area contributed by atoms with Crippen LogP contribution in [-0.2, 0) is 9.59 Å². The topological polar surface area (TPSA) is 69.7 Å². The smallest absolute Gasteiger partial charge is 0.256 e. The Labute approximate surface area is 168 Å². The molecule has 0 unspecified atom stereocenters. The van der Waals surface area contributed by atoms with Crippen LogP contribution in [0.5, 0.6) is 0 Å². The zero-order valence-corrected chi connectivity index (χ0v) is 16.2. The first-order valence-electron chi connectivity index (χ1n) is 9.23. The summed E-state index contributed by atoms with van der Waals surface area (Å²) in [5.41, 5.74) is 2.40. The van der Waals surface area contributed by atoms with Gasteiger partial charge in [0.1, 0.15) is 12.6 Å². The Kier molecular flexibility index (Phi) is 4.81. The number of rotatable bonds is 3. The van der Waals surface area contributed by atoms with Crippen LogP contribution < -0.4 is 10.2 Å². The molecule has 0 saturated carbocycles. The monoisotopic (exact) mass is 397 g/mol. The Balaban J connectivity index is 1.64. The number of fused-ring (bicyclic) bond motifs is 2. The van der Waals surface area contributed by atoms with Crippen LogP contribution in [0.4, 0.5) is 11.4 Å². The highest BCUT2D eigenvalue weighted by atomic mass is 35.5. The van der Waals surface area contributed by atoms with Crippen molar-refractivity contribution in [2.75, 3.05) is 23.3 Å². The Hall–Kier alpha value is -2.86. The summed E-state index contributed by atoms with van der Waals surface area (Å²) in [4.78, 5) is 41.9. The summed E-state index contributed by atoms with van der Waals surface area (Å²) in [6, 6.07) is 11.7. The lowest BCUT2D eigenvalue weighted by Gasteiger charge is -2.25. The molecule has 1 N–H and O–H groups in total. The number of nitrogens with zero attached hydrogens (tertiary/aromatic N) is 2. The fraction of sp³-hybridized carbons (Fsp3) is 0.286. The molecule has 4 rings (SSSR count). The van der Waals surface area contributed by atoms with Gasteiger partial charge in [0.2, 0.25) is 11.8 Å². The Morgan fingerprint density at radius 3 is 2.82 bits per heavy atom. The molecule has 1 fully saturated rings. The van der Waals surface area contributed by atoms with Crippen molar-refractivity contribution in [3.05, 3.63) is 58.6 Å². The van der Waals surface area contributed by atoms with Crippen LogP contribution >= 0.6 is 11.6 Å². The van der Waals surface area contributed by atoms with Crippen molar-refractivity contribution in [3.8, 4) is 0 Å². The molecule has 28 heavy (non-hydrogen) atoms. The summed E-state index contributed by atoms with van der Waals surface area (Å²) in [5, 5.41) is 3.34. The van der Waals surface area contributed by atoms with Crippen LogP contribution in [-0.4, -0.2) is 41.8 Å². The predicted molar refractivity (Wildman–Crippen MR) is 108 cm³/mol. The van der Waals surface area contributed by atoms with Crippen LogP contribution in [0.15, 0.2) is 42.5 Å². The number of carbonyl (C=O) groups is 3. The number of benzene rings is 2. The molecule has 1 atom stereocenters. The second-order valence-corrected chi connectivity index (χ2v) is 7.54. The molecule has 6 nitrogen and oxygen atoms in total. The maximum atomic E-state index is 13.2. The largest absolute Gasteiger partial charge is 0.327 e. The molecular weight excluding hydrogens is 378 g/mol. The number of para-hydroxylation sites is 1. The van der Waals surface area contributed by atoms with Gasteiger partial charge in [0.05, 0.1) is 11.3 Å². The summed E-state index contributed by atoms with van der Waals surface area (Å²) in [5.74, 6) is -0.707. The summed E-state index contributed by atoms with van der Waals surface area (Å²) >= 11 is 6.02. The third-order valence-electron chi connectivity index (χ3n) is 5.27. The summed E-state index contributed by atoms with van der Waals surface area (Å²) in [7, 11) is 0. The Morgan fingerprint density at radius 1 is 1.21 bits per heavy atom. The zero-order valence-electron chi connectivity index (χ0n) is 15.4. The molecule has 0 spiro atoms. The number of halogens is 1. The van der Waals surface area contributed by atoms with Gasteiger partial charge in [0, 0.05) is 17.3 Å². The van der Waals surface area contributed by atoms with Crippen molar-refractivity contribution < 1.29 is 14.4 Å². The number of hydrogen-bond donors (Lipinski definition) is 1. The third-order valence-corrected chi connectivity index (χ3v) is 5.50. The first-order valence-corrected chi connectivity index (χ1v) is 9.61. The molecule has 0 bridgehead atoms. The van der Waals surface area contributed by atoms with Crippen molar-refractivity contribution in [1.82, 2.24) is 4.90 Å². The highest BCUT2D eigenvalue weighted by Crippen LogP contribution is 2.32. The molecule has 144 valence electrons. The molecule has 0 aliphatic carbocycles. The molecule has 7 heteroatoms. The van der Waals surface area contributed by atoms with E-state index in [0.717, 1.165) is 12.0 Å². The number of carbonyl (C=O) groups excluding carboxylic acids is 3. The van der Waals surface area contributed by atoms with E-state index >= 15 is 0 Å². The van der Waals surface area contributed by atoms with Gasteiger partial charge in [0.25, 0.3) is 5.91 Å². The quantitative estimate of drug-likeness (QED) is 0.864. The SMILES string of the molecule is Cc1ccc(Cl)cc1NC(=O)CN1C(=O)[C@H]2CCCN2C(=O)c2ccccc21. The molecular formula is C21H20ClN3O3. The molecule has 3 amide bonds. The number of amides is 3. The lowest BCUT2D eigenvalue weighted by molar-refractivity contribution is -0.124. The van der Waals surface area contributed by atoms with Gasteiger partial charge in [-0.2, -0.15) is 0 Å². The summed E-state index contributed by atoms with van der Waals surface area (Å²) < 4.78 is 0. The molecule has 2 aliphatic rings. The van der Waals surface area contributed by atoms with Crippen LogP contribution in [0.2, 0.25) is 5.02 Å². The standard InChI is InChI=1S/C21H20ClN3O3/c1-13-8-9-14(22)11-16(13)23-19(26)12-25-17-6-3-2-5-15(17)20(27)24-10-4-7-18(24)21(25)28/h2-3,5-6,8-9,11,18H,4,7,10,12H2,1H3,(H,23,26)/t18-/m1/s1. The summed E-state index contributed by atoms with van der Waals surface area (Å²) in [6.07, 6.45) is 1.40. The third kappa shape index (κ3) is 3.24. The van der Waals surface area contributed by atoms with E-state index in [-0.39, 0.29) is 24.3 Å². The van der Waals surface area contributed by atoms with Gasteiger partial charge >= 0.3 is 0 Å². The van der Waals surface area contributed by atoms with E-state index in [9.17, 15) is 14.4 Å². The van der Waals surface area contributed by atoms with Crippen LogP contribution in [0.25, 0.3) is 0 Å². The number of nitrogens with one attached hydrogen (secondary N) is 1. The maximum Gasteiger partial charge on any atom is 0.256 e. The number of aryl methyl sites for hydroxylation is 1. The minimum atomic E-state index is -0.513. The average molecular weight is 398 g/mol. The normalized spacial score (nSPS) is 18.6. The zero-order chi connectivity index (χ0) is 19.8. The Morgan fingerprint density at radius 2 is 2.00 bits per heavy atom. The molecule has 2 aromatic rings. The number of anilines is 2. The van der Waals surface area contributed by atoms with E-state index in [0.29, 0.717) is 34.9 Å². The fourth-order valence-corrected chi connectivity index (χ4v) is 4.01. The second-order valence-electron chi connectivity index (χ2n) is 7.11. The van der Waals surface area contributed by atoms with Gasteiger partial charge in [-0.3, -0.25) is 14.4 Å². The van der Waals surface area contributed by atoms with Gasteiger partial charge in [-0.05, 0) is 49.6 Å². The lowest BCUT2D eigenvalue weighted by Crippen LogP contribution is -2.47. The van der Waals surface area contributed by atoms with Gasteiger partial charge in [-0.25, -0.2) is 0 Å². The molecule has 0 radical (unpaired) electrons. The van der Waals surface area contributed by atoms with E-state index in [1.807, 2.05) is 13.0 Å². The van der Waals surface area contributed by atoms with E-state index in [1.165, 1.54) is 4.90 Å². The van der Waals surface area contributed by atoms with Crippen molar-refractivity contribution in [2.24, 2.45) is 0 Å². The van der Waals surface area contributed by atoms with Crippen LogP contribution in [0.1, 0.15) is 28.8 Å². The van der Waals surface area contributed by atoms with Crippen molar-refractivity contribution >= 4 is 40.7 Å². The van der Waals surface area contributed by atoms with E-state index in [2.05, 4.69) is 5.32 Å². The van der Waals surface area contributed by atoms with Crippen LogP contribution in [0, 0.1) is 6.92 Å². The van der Waals surface area contributed by atoms with E-state index in [4.69, 9.17) is 11.6 Å². The van der Waals surface area contributed by atoms with Gasteiger partial charge in [-0.15, -0.1) is 0 Å². The first kappa shape index (κ1) is 18.5. The highest BCUT2D eigenvalue weighted by molar-refractivity contribution is 6.31. The maximum absolute atomic E-state index is 13.2. The minimum Gasteiger partial charge on any atom is -0.327 e. The van der Waals surface area contributed by atoms with Crippen molar-refractivity contribution in [1.29, 1.82) is 0 Å². The molecule has 2 heterocycles. The predicted octanol–water partition coefficient (Wildman–Crippen LogP) is 3.24. The van der Waals surface area contributed by atoms with E-state index in [1.54, 1.807) is 41.3 Å². The van der Waals surface area contributed by atoms with Crippen molar-refractivity contribution in [3.63, 3.8) is 0 Å². The van der Waals surface area contributed by atoms with Gasteiger partial charge < -0.3 is 15.1 Å². The molecule has 0 aromatic heterocycles. The first-order chi connectivity index (χ1) is 13.5. The fourth-order valence-electron chi connectivity index (χ4n) is 3.84. The lowest BCUT2D eigenvalue weighted by atomic mass is 10.1. The average Bonchev–Trinajstić information content (AvgIpc) is 3.15. The van der Waals surface area contributed by atoms with Gasteiger partial charge in [-0.1, -0.05) is 29.8 Å². The minimum absolute atomic E-state index is 0.153. The van der Waals surface area contributed by atoms with Gasteiger partial charge in [0.15, 0.2) is 0 Å². The summed E-state index contributed by atoms with van der Waals surface area (Å²) in [6.45, 7) is 2.26. The molecule has 1 saturated heterocycles. The molecule has 2 aromatic carbocycles. The number of hydrogen-bond acceptors (Lipinski definition) is 3. The second kappa shape index (κ2) is 7.28. The Bertz CT molecular complexity index is 975.